The number of carbonyl (C=O) groups excluding carboxylic acids is 1. The standard InChI is InChI=1S/C11H15NO2/c1-3-10(13)8-9-6-5-7-11(12-9)14-4-2/h5-7H,3-4,8H2,1-2H3. The topological polar surface area (TPSA) is 39.2 Å². The van der Waals surface area contributed by atoms with Crippen LogP contribution in [-0.2, 0) is 11.2 Å². The monoisotopic (exact) mass is 193 g/mol. The fourth-order valence-electron chi connectivity index (χ4n) is 1.11. The number of ketones is 1. The largest absolute Gasteiger partial charge is 0.478 e. The van der Waals surface area contributed by atoms with Gasteiger partial charge in [0.2, 0.25) is 5.88 Å². The van der Waals surface area contributed by atoms with Crippen LogP contribution in [-0.4, -0.2) is 17.4 Å². The third-order valence-corrected chi connectivity index (χ3v) is 1.85. The van der Waals surface area contributed by atoms with Gasteiger partial charge in [-0.2, -0.15) is 0 Å². The van der Waals surface area contributed by atoms with E-state index in [1.807, 2.05) is 26.0 Å². The molecule has 1 aromatic heterocycles. The summed E-state index contributed by atoms with van der Waals surface area (Å²) >= 11 is 0. The molecule has 76 valence electrons. The van der Waals surface area contributed by atoms with Crippen molar-refractivity contribution in [2.24, 2.45) is 0 Å². The predicted octanol–water partition coefficient (Wildman–Crippen LogP) is 2.00. The average Bonchev–Trinajstić information content (AvgIpc) is 2.19. The first-order valence-corrected chi connectivity index (χ1v) is 4.86. The van der Waals surface area contributed by atoms with E-state index in [1.165, 1.54) is 0 Å². The van der Waals surface area contributed by atoms with Crippen LogP contribution in [0.2, 0.25) is 0 Å². The van der Waals surface area contributed by atoms with Crippen molar-refractivity contribution in [3.05, 3.63) is 23.9 Å². The van der Waals surface area contributed by atoms with Crippen molar-refractivity contribution < 1.29 is 9.53 Å². The Morgan fingerprint density at radius 1 is 1.43 bits per heavy atom. The first-order chi connectivity index (χ1) is 6.76. The van der Waals surface area contributed by atoms with Crippen molar-refractivity contribution in [1.29, 1.82) is 0 Å². The first kappa shape index (κ1) is 10.7. The Balaban J connectivity index is 2.68. The van der Waals surface area contributed by atoms with Crippen LogP contribution in [0.1, 0.15) is 26.0 Å². The van der Waals surface area contributed by atoms with Crippen LogP contribution in [0.15, 0.2) is 18.2 Å². The minimum atomic E-state index is 0.200. The number of hydrogen-bond donors (Lipinski definition) is 0. The van der Waals surface area contributed by atoms with Crippen LogP contribution in [0.3, 0.4) is 0 Å². The van der Waals surface area contributed by atoms with Gasteiger partial charge < -0.3 is 4.74 Å². The van der Waals surface area contributed by atoms with E-state index in [9.17, 15) is 4.79 Å². The van der Waals surface area contributed by atoms with Crippen LogP contribution in [0.5, 0.6) is 5.88 Å². The molecule has 1 rings (SSSR count). The van der Waals surface area contributed by atoms with Gasteiger partial charge in [-0.15, -0.1) is 0 Å². The summed E-state index contributed by atoms with van der Waals surface area (Å²) in [6.07, 6.45) is 0.956. The molecule has 3 nitrogen and oxygen atoms in total. The van der Waals surface area contributed by atoms with Crippen LogP contribution in [0.25, 0.3) is 0 Å². The zero-order chi connectivity index (χ0) is 10.4. The molecule has 0 aliphatic carbocycles. The SMILES string of the molecule is CCOc1cccc(CC(=O)CC)n1. The lowest BCUT2D eigenvalue weighted by atomic mass is 10.2. The van der Waals surface area contributed by atoms with E-state index >= 15 is 0 Å². The number of aromatic nitrogens is 1. The van der Waals surface area contributed by atoms with Gasteiger partial charge in [-0.25, -0.2) is 4.98 Å². The molecule has 0 bridgehead atoms. The molecular weight excluding hydrogens is 178 g/mol. The first-order valence-electron chi connectivity index (χ1n) is 4.86. The summed E-state index contributed by atoms with van der Waals surface area (Å²) in [5, 5.41) is 0. The molecule has 0 radical (unpaired) electrons. The van der Waals surface area contributed by atoms with Gasteiger partial charge in [0.25, 0.3) is 0 Å². The van der Waals surface area contributed by atoms with E-state index in [2.05, 4.69) is 4.98 Å². The number of hydrogen-bond acceptors (Lipinski definition) is 3. The second kappa shape index (κ2) is 5.37. The van der Waals surface area contributed by atoms with Gasteiger partial charge in [-0.1, -0.05) is 13.0 Å². The molecule has 0 fully saturated rings. The minimum absolute atomic E-state index is 0.200. The molecule has 0 N–H and O–H groups in total. The molecule has 1 aromatic rings. The highest BCUT2D eigenvalue weighted by Crippen LogP contribution is 2.08. The van der Waals surface area contributed by atoms with Crippen LogP contribution < -0.4 is 4.74 Å². The molecule has 14 heavy (non-hydrogen) atoms. The maximum atomic E-state index is 11.2. The van der Waals surface area contributed by atoms with Gasteiger partial charge in [-0.3, -0.25) is 4.79 Å². The Bertz CT molecular complexity index is 310. The van der Waals surface area contributed by atoms with E-state index in [4.69, 9.17) is 4.74 Å². The van der Waals surface area contributed by atoms with Gasteiger partial charge in [0.15, 0.2) is 0 Å². The highest BCUT2D eigenvalue weighted by molar-refractivity contribution is 5.80. The summed E-state index contributed by atoms with van der Waals surface area (Å²) in [6, 6.07) is 5.50. The van der Waals surface area contributed by atoms with Crippen molar-refractivity contribution in [3.8, 4) is 5.88 Å². The summed E-state index contributed by atoms with van der Waals surface area (Å²) in [7, 11) is 0. The third kappa shape index (κ3) is 3.17. The maximum absolute atomic E-state index is 11.2. The Hall–Kier alpha value is -1.38. The molecule has 3 heteroatoms. The number of rotatable bonds is 5. The summed E-state index contributed by atoms with van der Waals surface area (Å²) < 4.78 is 5.24. The Labute approximate surface area is 84.1 Å². The lowest BCUT2D eigenvalue weighted by Gasteiger charge is -2.03. The predicted molar refractivity (Wildman–Crippen MR) is 54.4 cm³/mol. The molecule has 0 atom stereocenters. The van der Waals surface area contributed by atoms with E-state index in [1.54, 1.807) is 6.07 Å². The normalized spacial score (nSPS) is 9.86. The van der Waals surface area contributed by atoms with E-state index in [-0.39, 0.29) is 5.78 Å². The lowest BCUT2D eigenvalue weighted by molar-refractivity contribution is -0.118. The number of carbonyl (C=O) groups is 1. The molecule has 0 spiro atoms. The number of pyridine rings is 1. The number of Topliss-reactive ketones (excluding diaryl/α,β-unsaturated/α-hetero) is 1. The van der Waals surface area contributed by atoms with Gasteiger partial charge in [0.05, 0.1) is 12.3 Å². The fraction of sp³-hybridized carbons (Fsp3) is 0.455. The summed E-state index contributed by atoms with van der Waals surface area (Å²) in [5.41, 5.74) is 0.780. The highest BCUT2D eigenvalue weighted by Gasteiger charge is 2.03. The molecule has 0 aromatic carbocycles. The van der Waals surface area contributed by atoms with E-state index in [0.717, 1.165) is 5.69 Å². The van der Waals surface area contributed by atoms with Crippen molar-refractivity contribution in [2.45, 2.75) is 26.7 Å². The maximum Gasteiger partial charge on any atom is 0.213 e. The quantitative estimate of drug-likeness (QED) is 0.718. The van der Waals surface area contributed by atoms with E-state index < -0.39 is 0 Å². The van der Waals surface area contributed by atoms with Gasteiger partial charge in [0, 0.05) is 18.9 Å². The average molecular weight is 193 g/mol. The highest BCUT2D eigenvalue weighted by atomic mass is 16.5. The molecule has 0 saturated carbocycles. The molecular formula is C11H15NO2. The second-order valence-electron chi connectivity index (χ2n) is 2.97. The number of ether oxygens (including phenoxy) is 1. The minimum Gasteiger partial charge on any atom is -0.478 e. The summed E-state index contributed by atoms with van der Waals surface area (Å²) in [5.74, 6) is 0.792. The zero-order valence-electron chi connectivity index (χ0n) is 8.62. The smallest absolute Gasteiger partial charge is 0.213 e. The Kier molecular flexibility index (Phi) is 4.11. The molecule has 1 heterocycles. The lowest BCUT2D eigenvalue weighted by Crippen LogP contribution is -2.03. The van der Waals surface area contributed by atoms with Crippen LogP contribution in [0, 0.1) is 0 Å². The summed E-state index contributed by atoms with van der Waals surface area (Å²) in [6.45, 7) is 4.36. The van der Waals surface area contributed by atoms with E-state index in [0.29, 0.717) is 25.3 Å². The van der Waals surface area contributed by atoms with Crippen molar-refractivity contribution in [2.75, 3.05) is 6.61 Å². The van der Waals surface area contributed by atoms with Gasteiger partial charge in [0.1, 0.15) is 5.78 Å². The third-order valence-electron chi connectivity index (χ3n) is 1.85. The second-order valence-corrected chi connectivity index (χ2v) is 2.97. The van der Waals surface area contributed by atoms with Crippen molar-refractivity contribution in [1.82, 2.24) is 4.98 Å². The molecule has 0 saturated heterocycles. The fourth-order valence-corrected chi connectivity index (χ4v) is 1.11. The van der Waals surface area contributed by atoms with Crippen LogP contribution in [0.4, 0.5) is 0 Å². The molecule has 0 aliphatic heterocycles. The van der Waals surface area contributed by atoms with Crippen molar-refractivity contribution in [3.63, 3.8) is 0 Å². The van der Waals surface area contributed by atoms with Gasteiger partial charge >= 0.3 is 0 Å². The van der Waals surface area contributed by atoms with Crippen molar-refractivity contribution >= 4 is 5.78 Å². The molecule has 0 amide bonds. The Morgan fingerprint density at radius 2 is 2.21 bits per heavy atom. The van der Waals surface area contributed by atoms with Crippen LogP contribution >= 0.6 is 0 Å². The molecule has 0 aliphatic rings. The van der Waals surface area contributed by atoms with Gasteiger partial charge in [-0.05, 0) is 13.0 Å². The molecule has 0 unspecified atom stereocenters. The number of nitrogens with zero attached hydrogens (tertiary/aromatic N) is 1. The summed E-state index contributed by atoms with van der Waals surface area (Å²) in [4.78, 5) is 15.4. The zero-order valence-corrected chi connectivity index (χ0v) is 8.62. The Morgan fingerprint density at radius 3 is 2.86 bits per heavy atom.